The first-order valence-electron chi connectivity index (χ1n) is 6.15. The molecule has 0 aliphatic carbocycles. The van der Waals surface area contributed by atoms with E-state index in [9.17, 15) is 9.59 Å². The van der Waals surface area contributed by atoms with Crippen molar-refractivity contribution in [3.05, 3.63) is 0 Å². The third kappa shape index (κ3) is 6.26. The predicted molar refractivity (Wildman–Crippen MR) is 66.9 cm³/mol. The number of carbonyl (C=O) groups is 2. The van der Waals surface area contributed by atoms with Gasteiger partial charge in [0.15, 0.2) is 0 Å². The minimum absolute atomic E-state index is 0.0259. The molecule has 0 spiro atoms. The third-order valence-electron chi connectivity index (χ3n) is 2.69. The molecule has 5 nitrogen and oxygen atoms in total. The van der Waals surface area contributed by atoms with E-state index in [1.165, 1.54) is 0 Å². The first-order chi connectivity index (χ1) is 7.90. The van der Waals surface area contributed by atoms with Crippen LogP contribution in [0.25, 0.3) is 0 Å². The lowest BCUT2D eigenvalue weighted by Gasteiger charge is -2.30. The molecule has 0 bridgehead atoms. The second kappa shape index (κ2) is 8.06. The van der Waals surface area contributed by atoms with E-state index in [2.05, 4.69) is 12.2 Å². The van der Waals surface area contributed by atoms with E-state index in [4.69, 9.17) is 5.11 Å². The maximum Gasteiger partial charge on any atom is 0.317 e. The summed E-state index contributed by atoms with van der Waals surface area (Å²) in [5, 5.41) is 11.6. The summed E-state index contributed by atoms with van der Waals surface area (Å²) in [5.41, 5.74) is 0. The number of unbranched alkanes of at least 4 members (excludes halogenated alkanes) is 1. The summed E-state index contributed by atoms with van der Waals surface area (Å²) >= 11 is 0. The Labute approximate surface area is 103 Å². The van der Waals surface area contributed by atoms with Gasteiger partial charge < -0.3 is 10.4 Å². The van der Waals surface area contributed by atoms with Gasteiger partial charge in [0.2, 0.25) is 5.91 Å². The SMILES string of the molecule is CCCCNC(=O)C(C)N(CC(=O)O)C(C)C. The van der Waals surface area contributed by atoms with Gasteiger partial charge >= 0.3 is 5.97 Å². The molecule has 100 valence electrons. The van der Waals surface area contributed by atoms with Gasteiger partial charge in [-0.3, -0.25) is 14.5 Å². The van der Waals surface area contributed by atoms with Gasteiger partial charge in [0.05, 0.1) is 12.6 Å². The van der Waals surface area contributed by atoms with Crippen molar-refractivity contribution < 1.29 is 14.7 Å². The zero-order valence-electron chi connectivity index (χ0n) is 11.2. The van der Waals surface area contributed by atoms with Crippen molar-refractivity contribution in [1.29, 1.82) is 0 Å². The Morgan fingerprint density at radius 3 is 2.29 bits per heavy atom. The molecule has 0 aromatic rings. The fourth-order valence-electron chi connectivity index (χ4n) is 1.61. The minimum Gasteiger partial charge on any atom is -0.480 e. The molecule has 0 aromatic heterocycles. The summed E-state index contributed by atoms with van der Waals surface area (Å²) in [5.74, 6) is -1.01. The number of nitrogens with zero attached hydrogens (tertiary/aromatic N) is 1. The maximum absolute atomic E-state index is 11.8. The molecule has 1 atom stereocenters. The first kappa shape index (κ1) is 15.9. The number of amides is 1. The van der Waals surface area contributed by atoms with Gasteiger partial charge in [-0.05, 0) is 27.2 Å². The summed E-state index contributed by atoms with van der Waals surface area (Å²) in [6.45, 7) is 8.11. The van der Waals surface area contributed by atoms with Crippen LogP contribution in [0, 0.1) is 0 Å². The highest BCUT2D eigenvalue weighted by Gasteiger charge is 2.24. The molecule has 0 fully saturated rings. The highest BCUT2D eigenvalue weighted by Crippen LogP contribution is 2.05. The van der Waals surface area contributed by atoms with E-state index < -0.39 is 12.0 Å². The van der Waals surface area contributed by atoms with Gasteiger partial charge in [0, 0.05) is 12.6 Å². The summed E-state index contributed by atoms with van der Waals surface area (Å²) in [6.07, 6.45) is 1.97. The van der Waals surface area contributed by atoms with E-state index in [0.717, 1.165) is 12.8 Å². The fourth-order valence-corrected chi connectivity index (χ4v) is 1.61. The molecule has 0 saturated carbocycles. The van der Waals surface area contributed by atoms with Crippen LogP contribution in [0.1, 0.15) is 40.5 Å². The molecule has 0 aliphatic heterocycles. The molecule has 0 aromatic carbocycles. The lowest BCUT2D eigenvalue weighted by Crippen LogP contribution is -2.50. The topological polar surface area (TPSA) is 69.6 Å². The van der Waals surface area contributed by atoms with Gasteiger partial charge in [-0.2, -0.15) is 0 Å². The molecular weight excluding hydrogens is 220 g/mol. The Balaban J connectivity index is 4.34. The normalized spacial score (nSPS) is 12.8. The van der Waals surface area contributed by atoms with E-state index in [1.807, 2.05) is 13.8 Å². The molecule has 1 amide bonds. The quantitative estimate of drug-likeness (QED) is 0.627. The van der Waals surface area contributed by atoms with Gasteiger partial charge in [-0.1, -0.05) is 13.3 Å². The summed E-state index contributed by atoms with van der Waals surface area (Å²) in [4.78, 5) is 24.2. The fraction of sp³-hybridized carbons (Fsp3) is 0.833. The minimum atomic E-state index is -0.910. The Morgan fingerprint density at radius 1 is 1.29 bits per heavy atom. The van der Waals surface area contributed by atoms with Gasteiger partial charge in [-0.25, -0.2) is 0 Å². The zero-order chi connectivity index (χ0) is 13.4. The van der Waals surface area contributed by atoms with Crippen LogP contribution < -0.4 is 5.32 Å². The first-order valence-corrected chi connectivity index (χ1v) is 6.15. The zero-order valence-corrected chi connectivity index (χ0v) is 11.2. The Hall–Kier alpha value is -1.10. The molecule has 1 unspecified atom stereocenters. The number of carboxylic acid groups (broad SMARTS) is 1. The van der Waals surface area contributed by atoms with Crippen LogP contribution >= 0.6 is 0 Å². The van der Waals surface area contributed by atoms with Crippen LogP contribution in [0.3, 0.4) is 0 Å². The third-order valence-corrected chi connectivity index (χ3v) is 2.69. The van der Waals surface area contributed by atoms with E-state index >= 15 is 0 Å². The highest BCUT2D eigenvalue weighted by atomic mass is 16.4. The van der Waals surface area contributed by atoms with Crippen LogP contribution in [0.2, 0.25) is 0 Å². The van der Waals surface area contributed by atoms with Crippen molar-refractivity contribution in [1.82, 2.24) is 10.2 Å². The molecule has 5 heteroatoms. The van der Waals surface area contributed by atoms with Gasteiger partial charge in [-0.15, -0.1) is 0 Å². The van der Waals surface area contributed by atoms with Crippen LogP contribution in [-0.2, 0) is 9.59 Å². The molecule has 0 radical (unpaired) electrons. The van der Waals surface area contributed by atoms with Crippen LogP contribution in [0.5, 0.6) is 0 Å². The van der Waals surface area contributed by atoms with Crippen molar-refractivity contribution in [2.24, 2.45) is 0 Å². The second-order valence-corrected chi connectivity index (χ2v) is 4.48. The van der Waals surface area contributed by atoms with Crippen molar-refractivity contribution in [3.63, 3.8) is 0 Å². The standard InChI is InChI=1S/C12H24N2O3/c1-5-6-7-13-12(17)10(4)14(9(2)3)8-11(15)16/h9-10H,5-8H2,1-4H3,(H,13,17)(H,15,16). The number of aliphatic carboxylic acids is 1. The van der Waals surface area contributed by atoms with E-state index in [-0.39, 0.29) is 18.5 Å². The summed E-state index contributed by atoms with van der Waals surface area (Å²) in [6, 6.07) is -0.388. The van der Waals surface area contributed by atoms with Crippen LogP contribution in [0.15, 0.2) is 0 Å². The van der Waals surface area contributed by atoms with Gasteiger partial charge in [0.25, 0.3) is 0 Å². The second-order valence-electron chi connectivity index (χ2n) is 4.48. The summed E-state index contributed by atoms with van der Waals surface area (Å²) < 4.78 is 0. The lowest BCUT2D eigenvalue weighted by molar-refractivity contribution is -0.140. The van der Waals surface area contributed by atoms with Crippen molar-refractivity contribution in [3.8, 4) is 0 Å². The molecule has 17 heavy (non-hydrogen) atoms. The molecule has 0 aliphatic rings. The lowest BCUT2D eigenvalue weighted by atomic mass is 10.2. The van der Waals surface area contributed by atoms with Crippen molar-refractivity contribution in [2.45, 2.75) is 52.6 Å². The Morgan fingerprint density at radius 2 is 1.88 bits per heavy atom. The van der Waals surface area contributed by atoms with Crippen LogP contribution in [0.4, 0.5) is 0 Å². The number of carbonyl (C=O) groups excluding carboxylic acids is 1. The van der Waals surface area contributed by atoms with Gasteiger partial charge in [0.1, 0.15) is 0 Å². The van der Waals surface area contributed by atoms with E-state index in [1.54, 1.807) is 11.8 Å². The highest BCUT2D eigenvalue weighted by molar-refractivity contribution is 5.82. The van der Waals surface area contributed by atoms with Crippen LogP contribution in [-0.4, -0.2) is 47.1 Å². The Kier molecular flexibility index (Phi) is 7.54. The number of hydrogen-bond acceptors (Lipinski definition) is 3. The largest absolute Gasteiger partial charge is 0.480 e. The maximum atomic E-state index is 11.8. The van der Waals surface area contributed by atoms with Crippen molar-refractivity contribution >= 4 is 11.9 Å². The number of rotatable bonds is 8. The molecule has 0 heterocycles. The Bertz CT molecular complexity index is 254. The summed E-state index contributed by atoms with van der Waals surface area (Å²) in [7, 11) is 0. The predicted octanol–water partition coefficient (Wildman–Crippen LogP) is 1.09. The molecule has 0 saturated heterocycles. The number of carboxylic acids is 1. The molecule has 2 N–H and O–H groups in total. The van der Waals surface area contributed by atoms with Crippen molar-refractivity contribution in [2.75, 3.05) is 13.1 Å². The number of hydrogen-bond donors (Lipinski definition) is 2. The number of nitrogens with one attached hydrogen (secondary N) is 1. The smallest absolute Gasteiger partial charge is 0.317 e. The average molecular weight is 244 g/mol. The van der Waals surface area contributed by atoms with E-state index in [0.29, 0.717) is 6.54 Å². The molecule has 0 rings (SSSR count). The monoisotopic (exact) mass is 244 g/mol. The average Bonchev–Trinajstić information content (AvgIpc) is 2.24. The molecular formula is C12H24N2O3.